The van der Waals surface area contributed by atoms with Gasteiger partial charge in [-0.15, -0.1) is 0 Å². The zero-order chi connectivity index (χ0) is 13.0. The van der Waals surface area contributed by atoms with Gasteiger partial charge in [-0.2, -0.15) is 0 Å². The predicted molar refractivity (Wildman–Crippen MR) is 69.6 cm³/mol. The molecule has 100 valence electrons. The van der Waals surface area contributed by atoms with Gasteiger partial charge in [0.1, 0.15) is 5.82 Å². The fourth-order valence-electron chi connectivity index (χ4n) is 2.58. The molecule has 0 saturated carbocycles. The summed E-state index contributed by atoms with van der Waals surface area (Å²) in [5.74, 6) is 0.690. The number of methoxy groups -OCH3 is 1. The number of piperidine rings is 1. The highest BCUT2D eigenvalue weighted by Crippen LogP contribution is 2.28. The molecule has 1 aromatic rings. The van der Waals surface area contributed by atoms with Crippen molar-refractivity contribution in [1.29, 1.82) is 0 Å². The summed E-state index contributed by atoms with van der Waals surface area (Å²) < 4.78 is 5.15. The number of aromatic amines is 1. The number of rotatable bonds is 4. The number of nitrogens with one attached hydrogen (secondary N) is 1. The van der Waals surface area contributed by atoms with E-state index >= 15 is 0 Å². The van der Waals surface area contributed by atoms with E-state index < -0.39 is 0 Å². The van der Waals surface area contributed by atoms with Gasteiger partial charge in [0.05, 0.1) is 18.3 Å². The molecule has 1 fully saturated rings. The van der Waals surface area contributed by atoms with Crippen molar-refractivity contribution in [3.05, 3.63) is 27.9 Å². The summed E-state index contributed by atoms with van der Waals surface area (Å²) in [5, 5.41) is 0. The van der Waals surface area contributed by atoms with E-state index in [1.165, 1.54) is 12.8 Å². The van der Waals surface area contributed by atoms with Gasteiger partial charge in [0.25, 0.3) is 5.56 Å². The maximum Gasteiger partial charge on any atom is 0.251 e. The van der Waals surface area contributed by atoms with Crippen molar-refractivity contribution in [1.82, 2.24) is 14.9 Å². The highest BCUT2D eigenvalue weighted by molar-refractivity contribution is 5.09. The zero-order valence-electron chi connectivity index (χ0n) is 11.1. The average molecular weight is 251 g/mol. The van der Waals surface area contributed by atoms with Crippen molar-refractivity contribution in [2.24, 2.45) is 0 Å². The molecule has 1 saturated heterocycles. The number of ether oxygens (including phenoxy) is 1. The maximum absolute atomic E-state index is 11.5. The van der Waals surface area contributed by atoms with Gasteiger partial charge in [-0.1, -0.05) is 6.42 Å². The molecule has 0 aromatic carbocycles. The molecule has 0 aliphatic carbocycles. The van der Waals surface area contributed by atoms with Crippen LogP contribution < -0.4 is 5.56 Å². The Labute approximate surface area is 107 Å². The van der Waals surface area contributed by atoms with Gasteiger partial charge in [0.2, 0.25) is 0 Å². The normalized spacial score (nSPS) is 21.1. The van der Waals surface area contributed by atoms with Crippen LogP contribution >= 0.6 is 0 Å². The number of likely N-dealkylation sites (tertiary alicyclic amines) is 1. The minimum Gasteiger partial charge on any atom is -0.383 e. The van der Waals surface area contributed by atoms with Gasteiger partial charge >= 0.3 is 0 Å². The van der Waals surface area contributed by atoms with Crippen molar-refractivity contribution >= 4 is 0 Å². The van der Waals surface area contributed by atoms with Gasteiger partial charge in [-0.25, -0.2) is 4.98 Å². The Bertz CT molecular complexity index is 444. The molecule has 1 aliphatic rings. The summed E-state index contributed by atoms with van der Waals surface area (Å²) >= 11 is 0. The summed E-state index contributed by atoms with van der Waals surface area (Å²) in [4.78, 5) is 21.1. The van der Waals surface area contributed by atoms with Crippen molar-refractivity contribution in [2.45, 2.75) is 32.2 Å². The molecule has 5 nitrogen and oxygen atoms in total. The molecule has 2 rings (SSSR count). The van der Waals surface area contributed by atoms with Crippen LogP contribution in [-0.4, -0.2) is 41.7 Å². The largest absolute Gasteiger partial charge is 0.383 e. The lowest BCUT2D eigenvalue weighted by Gasteiger charge is -2.35. The quantitative estimate of drug-likeness (QED) is 0.875. The maximum atomic E-state index is 11.5. The van der Waals surface area contributed by atoms with Crippen LogP contribution in [0.4, 0.5) is 0 Å². The SMILES string of the molecule is COCCN1CCCCC1c1cc(=O)[nH]c(C)n1. The minimum absolute atomic E-state index is 0.0604. The van der Waals surface area contributed by atoms with Crippen LogP contribution in [-0.2, 0) is 4.74 Å². The third-order valence-electron chi connectivity index (χ3n) is 3.42. The molecule has 0 amide bonds. The van der Waals surface area contributed by atoms with E-state index in [2.05, 4.69) is 14.9 Å². The van der Waals surface area contributed by atoms with Crippen LogP contribution in [0.15, 0.2) is 10.9 Å². The first-order valence-electron chi connectivity index (χ1n) is 6.51. The molecule has 18 heavy (non-hydrogen) atoms. The summed E-state index contributed by atoms with van der Waals surface area (Å²) in [6.45, 7) is 4.50. The fraction of sp³-hybridized carbons (Fsp3) is 0.692. The molecule has 1 aliphatic heterocycles. The van der Waals surface area contributed by atoms with Gasteiger partial charge in [-0.3, -0.25) is 9.69 Å². The molecule has 0 spiro atoms. The molecule has 1 aromatic heterocycles. The molecule has 1 atom stereocenters. The zero-order valence-corrected chi connectivity index (χ0v) is 11.1. The van der Waals surface area contributed by atoms with E-state index in [0.29, 0.717) is 5.82 Å². The second-order valence-electron chi connectivity index (χ2n) is 4.80. The number of H-pyrrole nitrogens is 1. The molecule has 1 N–H and O–H groups in total. The Morgan fingerprint density at radius 2 is 2.39 bits per heavy atom. The van der Waals surface area contributed by atoms with Crippen LogP contribution in [0.5, 0.6) is 0 Å². The standard InChI is InChI=1S/C13H21N3O2/c1-10-14-11(9-13(17)15-10)12-5-3-4-6-16(12)7-8-18-2/h9,12H,3-8H2,1-2H3,(H,14,15,17). The van der Waals surface area contributed by atoms with Crippen LogP contribution in [0.2, 0.25) is 0 Å². The van der Waals surface area contributed by atoms with Crippen LogP contribution in [0.3, 0.4) is 0 Å². The highest BCUT2D eigenvalue weighted by atomic mass is 16.5. The Morgan fingerprint density at radius 1 is 1.56 bits per heavy atom. The van der Waals surface area contributed by atoms with Gasteiger partial charge in [0, 0.05) is 19.7 Å². The lowest BCUT2D eigenvalue weighted by molar-refractivity contribution is 0.0941. The predicted octanol–water partition coefficient (Wildman–Crippen LogP) is 1.25. The van der Waals surface area contributed by atoms with Crippen LogP contribution in [0, 0.1) is 6.92 Å². The number of hydrogen-bond acceptors (Lipinski definition) is 4. The molecule has 2 heterocycles. The summed E-state index contributed by atoms with van der Waals surface area (Å²) in [7, 11) is 1.72. The van der Waals surface area contributed by atoms with E-state index in [0.717, 1.165) is 31.8 Å². The lowest BCUT2D eigenvalue weighted by atomic mass is 9.99. The van der Waals surface area contributed by atoms with E-state index in [-0.39, 0.29) is 11.6 Å². The monoisotopic (exact) mass is 251 g/mol. The number of aromatic nitrogens is 2. The second kappa shape index (κ2) is 6.11. The van der Waals surface area contributed by atoms with Crippen molar-refractivity contribution in [3.63, 3.8) is 0 Å². The topological polar surface area (TPSA) is 58.2 Å². The highest BCUT2D eigenvalue weighted by Gasteiger charge is 2.25. The Kier molecular flexibility index (Phi) is 4.49. The lowest BCUT2D eigenvalue weighted by Crippen LogP contribution is -2.36. The third-order valence-corrected chi connectivity index (χ3v) is 3.42. The van der Waals surface area contributed by atoms with E-state index in [1.807, 2.05) is 6.92 Å². The number of aryl methyl sites for hydroxylation is 1. The van der Waals surface area contributed by atoms with Gasteiger partial charge in [0.15, 0.2) is 0 Å². The first-order chi connectivity index (χ1) is 8.70. The number of hydrogen-bond donors (Lipinski definition) is 1. The third kappa shape index (κ3) is 3.17. The van der Waals surface area contributed by atoms with E-state index in [1.54, 1.807) is 13.2 Å². The Hall–Kier alpha value is -1.20. The summed E-state index contributed by atoms with van der Waals surface area (Å²) in [6.07, 6.45) is 3.48. The Morgan fingerprint density at radius 3 is 3.11 bits per heavy atom. The molecular weight excluding hydrogens is 230 g/mol. The van der Waals surface area contributed by atoms with Crippen LogP contribution in [0.1, 0.15) is 36.8 Å². The smallest absolute Gasteiger partial charge is 0.251 e. The minimum atomic E-state index is -0.0604. The van der Waals surface area contributed by atoms with Crippen molar-refractivity contribution in [2.75, 3.05) is 26.8 Å². The fourth-order valence-corrected chi connectivity index (χ4v) is 2.58. The molecule has 1 unspecified atom stereocenters. The summed E-state index contributed by atoms with van der Waals surface area (Å²) in [6, 6.07) is 1.89. The van der Waals surface area contributed by atoms with E-state index in [9.17, 15) is 4.79 Å². The van der Waals surface area contributed by atoms with Crippen LogP contribution in [0.25, 0.3) is 0 Å². The molecular formula is C13H21N3O2. The van der Waals surface area contributed by atoms with Crippen molar-refractivity contribution < 1.29 is 4.74 Å². The van der Waals surface area contributed by atoms with Gasteiger partial charge < -0.3 is 9.72 Å². The first-order valence-corrected chi connectivity index (χ1v) is 6.51. The van der Waals surface area contributed by atoms with Crippen molar-refractivity contribution in [3.8, 4) is 0 Å². The Balaban J connectivity index is 2.19. The first kappa shape index (κ1) is 13.2. The average Bonchev–Trinajstić information content (AvgIpc) is 2.35. The second-order valence-corrected chi connectivity index (χ2v) is 4.80. The molecule has 0 bridgehead atoms. The van der Waals surface area contributed by atoms with Gasteiger partial charge in [-0.05, 0) is 26.3 Å². The molecule has 5 heteroatoms. The number of nitrogens with zero attached hydrogens (tertiary/aromatic N) is 2. The molecule has 0 radical (unpaired) electrons. The summed E-state index contributed by atoms with van der Waals surface area (Å²) in [5.41, 5.74) is 0.835. The van der Waals surface area contributed by atoms with E-state index in [4.69, 9.17) is 4.74 Å².